The van der Waals surface area contributed by atoms with E-state index in [-0.39, 0.29) is 0 Å². The lowest BCUT2D eigenvalue weighted by Gasteiger charge is -2.02. The maximum Gasteiger partial charge on any atom is 0.363 e. The van der Waals surface area contributed by atoms with Crippen LogP contribution in [-0.2, 0) is 9.53 Å². The Morgan fingerprint density at radius 2 is 1.91 bits per heavy atom. The van der Waals surface area contributed by atoms with Gasteiger partial charge in [-0.05, 0) is 77.0 Å². The van der Waals surface area contributed by atoms with E-state index in [1.54, 1.807) is 6.08 Å². The van der Waals surface area contributed by atoms with Gasteiger partial charge in [0.25, 0.3) is 0 Å². The van der Waals surface area contributed by atoms with Crippen LogP contribution in [0.4, 0.5) is 0 Å². The molecule has 3 rings (SSSR count). The predicted octanol–water partition coefficient (Wildman–Crippen LogP) is 4.71. The van der Waals surface area contributed by atoms with E-state index in [1.165, 1.54) is 0 Å². The maximum absolute atomic E-state index is 12.0. The minimum atomic E-state index is -0.422. The first kappa shape index (κ1) is 15.4. The second kappa shape index (κ2) is 6.34. The highest BCUT2D eigenvalue weighted by atomic mass is 127. The van der Waals surface area contributed by atoms with Gasteiger partial charge < -0.3 is 4.74 Å². The van der Waals surface area contributed by atoms with Gasteiger partial charge in [0, 0.05) is 13.6 Å². The molecule has 0 fully saturated rings. The van der Waals surface area contributed by atoms with Crippen molar-refractivity contribution in [3.8, 4) is 0 Å². The van der Waals surface area contributed by atoms with E-state index >= 15 is 0 Å². The molecule has 5 heteroatoms. The van der Waals surface area contributed by atoms with Crippen LogP contribution in [-0.4, -0.2) is 11.9 Å². The van der Waals surface area contributed by atoms with Gasteiger partial charge in [0.05, 0.1) is 0 Å². The van der Waals surface area contributed by atoms with Crippen LogP contribution in [0, 0.1) is 10.5 Å². The van der Waals surface area contributed by atoms with Crippen molar-refractivity contribution in [1.29, 1.82) is 0 Å². The summed E-state index contributed by atoms with van der Waals surface area (Å²) in [5.74, 6) is -0.0676. The van der Waals surface area contributed by atoms with Crippen LogP contribution in [0.15, 0.2) is 57.6 Å². The van der Waals surface area contributed by atoms with Gasteiger partial charge in [-0.1, -0.05) is 28.1 Å². The molecule has 0 saturated heterocycles. The number of halogens is 2. The molecule has 22 heavy (non-hydrogen) atoms. The molecule has 0 aromatic heterocycles. The van der Waals surface area contributed by atoms with Crippen LogP contribution in [0.1, 0.15) is 16.7 Å². The fourth-order valence-electron chi connectivity index (χ4n) is 2.03. The van der Waals surface area contributed by atoms with Crippen LogP contribution < -0.4 is 0 Å². The van der Waals surface area contributed by atoms with Crippen LogP contribution in [0.2, 0.25) is 0 Å². The number of rotatable bonds is 2. The molecule has 110 valence electrons. The van der Waals surface area contributed by atoms with E-state index in [9.17, 15) is 4.79 Å². The van der Waals surface area contributed by atoms with Gasteiger partial charge >= 0.3 is 5.97 Å². The first-order chi connectivity index (χ1) is 10.5. The normalized spacial score (nSPS) is 15.9. The Bertz CT molecular complexity index is 810. The fraction of sp³-hybridized carbons (Fsp3) is 0.0588. The Hall–Kier alpha value is -1.47. The average Bonchev–Trinajstić information content (AvgIpc) is 2.85. The lowest BCUT2D eigenvalue weighted by atomic mass is 10.1. The third-order valence-electron chi connectivity index (χ3n) is 3.20. The average molecular weight is 468 g/mol. The SMILES string of the molecule is Cc1cc(C2=N/C(=C\c3ccc(Br)cc3)C(=O)O2)ccc1I. The van der Waals surface area contributed by atoms with Crippen LogP contribution in [0.3, 0.4) is 0 Å². The fourth-order valence-corrected chi connectivity index (χ4v) is 2.63. The molecule has 0 amide bonds. The van der Waals surface area contributed by atoms with E-state index in [1.807, 2.05) is 49.4 Å². The van der Waals surface area contributed by atoms with Crippen molar-refractivity contribution in [2.45, 2.75) is 6.92 Å². The minimum absolute atomic E-state index is 0.313. The molecule has 0 aliphatic carbocycles. The zero-order chi connectivity index (χ0) is 15.7. The molecule has 1 heterocycles. The zero-order valence-electron chi connectivity index (χ0n) is 11.6. The number of cyclic esters (lactones) is 1. The third kappa shape index (κ3) is 3.30. The molecule has 0 spiro atoms. The summed E-state index contributed by atoms with van der Waals surface area (Å²) in [6.45, 7) is 2.02. The van der Waals surface area contributed by atoms with Gasteiger partial charge in [-0.25, -0.2) is 9.79 Å². The van der Waals surface area contributed by atoms with E-state index in [2.05, 4.69) is 43.5 Å². The molecular formula is C17H11BrINO2. The lowest BCUT2D eigenvalue weighted by Crippen LogP contribution is -2.05. The van der Waals surface area contributed by atoms with Crippen molar-refractivity contribution in [3.05, 3.63) is 72.9 Å². The van der Waals surface area contributed by atoms with Crippen molar-refractivity contribution in [2.24, 2.45) is 4.99 Å². The number of carbonyl (C=O) groups is 1. The molecule has 1 aliphatic rings. The smallest absolute Gasteiger partial charge is 0.363 e. The van der Waals surface area contributed by atoms with Gasteiger partial charge in [-0.2, -0.15) is 0 Å². The molecule has 0 N–H and O–H groups in total. The van der Waals surface area contributed by atoms with Gasteiger partial charge in [0.2, 0.25) is 5.90 Å². The van der Waals surface area contributed by atoms with Crippen LogP contribution in [0.5, 0.6) is 0 Å². The summed E-state index contributed by atoms with van der Waals surface area (Å²) < 4.78 is 7.43. The van der Waals surface area contributed by atoms with Gasteiger partial charge in [0.15, 0.2) is 5.70 Å². The number of hydrogen-bond acceptors (Lipinski definition) is 3. The van der Waals surface area contributed by atoms with Crippen LogP contribution in [0.25, 0.3) is 6.08 Å². The summed E-state index contributed by atoms with van der Waals surface area (Å²) in [6.07, 6.45) is 1.72. The number of benzene rings is 2. The Morgan fingerprint density at radius 1 is 1.18 bits per heavy atom. The first-order valence-corrected chi connectivity index (χ1v) is 8.45. The number of aryl methyl sites for hydroxylation is 1. The Morgan fingerprint density at radius 3 is 2.59 bits per heavy atom. The number of nitrogens with zero attached hydrogens (tertiary/aromatic N) is 1. The van der Waals surface area contributed by atoms with Crippen molar-refractivity contribution in [1.82, 2.24) is 0 Å². The molecule has 0 unspecified atom stereocenters. The third-order valence-corrected chi connectivity index (χ3v) is 4.94. The zero-order valence-corrected chi connectivity index (χ0v) is 15.4. The molecule has 0 bridgehead atoms. The molecule has 0 saturated carbocycles. The molecule has 1 aliphatic heterocycles. The summed E-state index contributed by atoms with van der Waals surface area (Å²) >= 11 is 5.65. The summed E-state index contributed by atoms with van der Waals surface area (Å²) in [6, 6.07) is 13.5. The number of aliphatic imine (C=N–C) groups is 1. The summed E-state index contributed by atoms with van der Waals surface area (Å²) in [5, 5.41) is 0. The Kier molecular flexibility index (Phi) is 4.44. The van der Waals surface area contributed by atoms with Gasteiger partial charge in [0.1, 0.15) is 0 Å². The van der Waals surface area contributed by atoms with Gasteiger partial charge in [-0.3, -0.25) is 0 Å². The molecule has 2 aromatic rings. The van der Waals surface area contributed by atoms with E-state index in [0.29, 0.717) is 11.6 Å². The number of hydrogen-bond donors (Lipinski definition) is 0. The second-order valence-electron chi connectivity index (χ2n) is 4.85. The number of ether oxygens (including phenoxy) is 1. The highest BCUT2D eigenvalue weighted by Gasteiger charge is 2.24. The summed E-state index contributed by atoms with van der Waals surface area (Å²) in [5.41, 5.74) is 3.15. The Balaban J connectivity index is 1.94. The molecule has 3 nitrogen and oxygen atoms in total. The summed E-state index contributed by atoms with van der Waals surface area (Å²) in [4.78, 5) is 16.3. The van der Waals surface area contributed by atoms with Crippen molar-refractivity contribution in [3.63, 3.8) is 0 Å². The molecule has 2 aromatic carbocycles. The molecule has 0 atom stereocenters. The topological polar surface area (TPSA) is 38.7 Å². The predicted molar refractivity (Wildman–Crippen MR) is 98.6 cm³/mol. The van der Waals surface area contributed by atoms with E-state index in [0.717, 1.165) is 24.7 Å². The van der Waals surface area contributed by atoms with E-state index in [4.69, 9.17) is 4.74 Å². The second-order valence-corrected chi connectivity index (χ2v) is 6.93. The Labute approximate surface area is 150 Å². The largest absolute Gasteiger partial charge is 0.402 e. The molecular weight excluding hydrogens is 457 g/mol. The standard InChI is InChI=1S/C17H11BrINO2/c1-10-8-12(4-7-14(10)19)16-20-15(17(21)22-16)9-11-2-5-13(18)6-3-11/h2-9H,1H3/b15-9-. The van der Waals surface area contributed by atoms with Crippen molar-refractivity contribution >= 4 is 56.5 Å². The maximum atomic E-state index is 12.0. The van der Waals surface area contributed by atoms with Crippen molar-refractivity contribution < 1.29 is 9.53 Å². The highest BCUT2D eigenvalue weighted by molar-refractivity contribution is 14.1. The first-order valence-electron chi connectivity index (χ1n) is 6.57. The number of esters is 1. The summed E-state index contributed by atoms with van der Waals surface area (Å²) in [7, 11) is 0. The lowest BCUT2D eigenvalue weighted by molar-refractivity contribution is -0.129. The molecule has 0 radical (unpaired) electrons. The van der Waals surface area contributed by atoms with E-state index < -0.39 is 5.97 Å². The van der Waals surface area contributed by atoms with Crippen LogP contribution >= 0.6 is 38.5 Å². The highest BCUT2D eigenvalue weighted by Crippen LogP contribution is 2.22. The quantitative estimate of drug-likeness (QED) is 0.364. The number of carbonyl (C=O) groups excluding carboxylic acids is 1. The van der Waals surface area contributed by atoms with Gasteiger partial charge in [-0.15, -0.1) is 0 Å². The minimum Gasteiger partial charge on any atom is -0.402 e. The van der Waals surface area contributed by atoms with Crippen molar-refractivity contribution in [2.75, 3.05) is 0 Å². The monoisotopic (exact) mass is 467 g/mol.